The molecule has 5 heteroatoms. The largest absolute Gasteiger partial charge is 0.451 e. The lowest BCUT2D eigenvalue weighted by Crippen LogP contribution is -2.52. The highest BCUT2D eigenvalue weighted by Gasteiger charge is 2.73. The SMILES string of the molecule is CC(=O)O[C@@]1(C(C)=O)CC[C@@H]2[C@H]3C=C(Cl)C4=CC(=O)[C@H]5C[C@H]5[C@@]4(C)[C@@H]3C[C@]21C. The first kappa shape index (κ1) is 18.6. The van der Waals surface area contributed by atoms with Crippen LogP contribution in [0.15, 0.2) is 22.8 Å². The summed E-state index contributed by atoms with van der Waals surface area (Å²) in [5, 5.41) is 0.708. The van der Waals surface area contributed by atoms with E-state index in [0.29, 0.717) is 23.3 Å². The van der Waals surface area contributed by atoms with Crippen molar-refractivity contribution in [3.05, 3.63) is 22.8 Å². The molecule has 0 saturated heterocycles. The van der Waals surface area contributed by atoms with Gasteiger partial charge >= 0.3 is 5.97 Å². The number of hydrogen-bond donors (Lipinski definition) is 0. The van der Waals surface area contributed by atoms with Crippen molar-refractivity contribution in [1.82, 2.24) is 0 Å². The Bertz CT molecular complexity index is 887. The quantitative estimate of drug-likeness (QED) is 0.649. The van der Waals surface area contributed by atoms with Crippen LogP contribution in [0.1, 0.15) is 53.4 Å². The van der Waals surface area contributed by atoms with Crippen molar-refractivity contribution in [3.63, 3.8) is 0 Å². The zero-order valence-electron chi connectivity index (χ0n) is 16.9. The van der Waals surface area contributed by atoms with Gasteiger partial charge in [0.25, 0.3) is 0 Å². The Labute approximate surface area is 170 Å². The van der Waals surface area contributed by atoms with Crippen molar-refractivity contribution < 1.29 is 19.1 Å². The average Bonchev–Trinajstić information content (AvgIpc) is 3.30. The zero-order valence-corrected chi connectivity index (χ0v) is 17.6. The van der Waals surface area contributed by atoms with Crippen molar-refractivity contribution in [2.75, 3.05) is 0 Å². The number of ketones is 2. The molecule has 0 aromatic heterocycles. The van der Waals surface area contributed by atoms with E-state index in [-0.39, 0.29) is 34.7 Å². The molecule has 0 amide bonds. The minimum Gasteiger partial charge on any atom is -0.451 e. The molecule has 0 bridgehead atoms. The molecule has 0 heterocycles. The van der Waals surface area contributed by atoms with E-state index in [9.17, 15) is 14.4 Å². The molecule has 0 unspecified atom stereocenters. The van der Waals surface area contributed by atoms with Gasteiger partial charge in [-0.05, 0) is 67.9 Å². The molecule has 150 valence electrons. The second-order valence-corrected chi connectivity index (χ2v) is 10.5. The summed E-state index contributed by atoms with van der Waals surface area (Å²) >= 11 is 6.74. The number of fused-ring (bicyclic) bond motifs is 7. The summed E-state index contributed by atoms with van der Waals surface area (Å²) in [5.41, 5.74) is -0.600. The minimum absolute atomic E-state index is 0.0505. The molecular formula is C23H27ClO4. The first-order valence-corrected chi connectivity index (χ1v) is 10.8. The van der Waals surface area contributed by atoms with E-state index < -0.39 is 17.0 Å². The Morgan fingerprint density at radius 3 is 2.54 bits per heavy atom. The number of halogens is 1. The third-order valence-corrected chi connectivity index (χ3v) is 9.50. The highest BCUT2D eigenvalue weighted by molar-refractivity contribution is 6.32. The molecule has 5 aliphatic rings. The van der Waals surface area contributed by atoms with Crippen LogP contribution in [0.25, 0.3) is 0 Å². The topological polar surface area (TPSA) is 60.4 Å². The van der Waals surface area contributed by atoms with Gasteiger partial charge in [0, 0.05) is 28.7 Å². The molecule has 28 heavy (non-hydrogen) atoms. The molecule has 5 aliphatic carbocycles. The van der Waals surface area contributed by atoms with E-state index in [4.69, 9.17) is 16.3 Å². The fourth-order valence-corrected chi connectivity index (χ4v) is 8.22. The number of esters is 1. The molecule has 3 fully saturated rings. The molecular weight excluding hydrogens is 376 g/mol. The van der Waals surface area contributed by atoms with Crippen LogP contribution in [-0.2, 0) is 19.1 Å². The average molecular weight is 403 g/mol. The van der Waals surface area contributed by atoms with Crippen LogP contribution >= 0.6 is 11.6 Å². The van der Waals surface area contributed by atoms with Gasteiger partial charge in [-0.1, -0.05) is 31.5 Å². The maximum atomic E-state index is 12.8. The van der Waals surface area contributed by atoms with Gasteiger partial charge in [0.05, 0.1) is 0 Å². The minimum atomic E-state index is -1.05. The fourth-order valence-electron chi connectivity index (χ4n) is 7.81. The monoisotopic (exact) mass is 402 g/mol. The maximum absolute atomic E-state index is 12.8. The highest BCUT2D eigenvalue weighted by Crippen LogP contribution is 2.75. The number of hydrogen-bond acceptors (Lipinski definition) is 4. The van der Waals surface area contributed by atoms with Gasteiger partial charge in [-0.25, -0.2) is 0 Å². The fraction of sp³-hybridized carbons (Fsp3) is 0.696. The summed E-state index contributed by atoms with van der Waals surface area (Å²) in [6.45, 7) is 7.36. The summed E-state index contributed by atoms with van der Waals surface area (Å²) in [7, 11) is 0. The lowest BCUT2D eigenvalue weighted by molar-refractivity contribution is -0.178. The van der Waals surface area contributed by atoms with E-state index in [0.717, 1.165) is 24.8 Å². The van der Waals surface area contributed by atoms with Crippen LogP contribution in [0, 0.1) is 40.4 Å². The van der Waals surface area contributed by atoms with Gasteiger partial charge in [-0.2, -0.15) is 0 Å². The lowest BCUT2D eigenvalue weighted by atomic mass is 9.58. The number of Topliss-reactive ketones (excluding diaryl/α,β-unsaturated/α-hetero) is 1. The predicted molar refractivity (Wildman–Crippen MR) is 104 cm³/mol. The number of ether oxygens (including phenoxy) is 1. The second kappa shape index (κ2) is 5.38. The Kier molecular flexibility index (Phi) is 3.58. The van der Waals surface area contributed by atoms with Crippen LogP contribution in [0.3, 0.4) is 0 Å². The molecule has 0 N–H and O–H groups in total. The molecule has 5 rings (SSSR count). The van der Waals surface area contributed by atoms with E-state index in [1.807, 2.05) is 0 Å². The molecule has 8 atom stereocenters. The van der Waals surface area contributed by atoms with Crippen LogP contribution in [0.2, 0.25) is 0 Å². The standard InChI is InChI=1S/C23H27ClO4/c1-11(25)23(28-12(2)26)6-5-15-13-8-19(24)17-9-20(27)14-7-16(14)22(17,4)18(13)10-21(15,23)3/h8-9,13-16,18H,5-7,10H2,1-4H3/t13-,14+,15-,16-,18-,21-,22-,23-/m1/s1. The van der Waals surface area contributed by atoms with Crippen LogP contribution < -0.4 is 0 Å². The summed E-state index contributed by atoms with van der Waals surface area (Å²) in [6, 6.07) is 0. The molecule has 0 spiro atoms. The summed E-state index contributed by atoms with van der Waals surface area (Å²) in [5.74, 6) is 1.07. The molecule has 0 aromatic carbocycles. The zero-order chi connectivity index (χ0) is 20.2. The van der Waals surface area contributed by atoms with Crippen molar-refractivity contribution in [1.29, 1.82) is 0 Å². The van der Waals surface area contributed by atoms with Crippen molar-refractivity contribution >= 4 is 29.1 Å². The first-order valence-electron chi connectivity index (χ1n) is 10.4. The van der Waals surface area contributed by atoms with Gasteiger partial charge in [0.2, 0.25) is 0 Å². The normalized spacial score (nSPS) is 50.6. The van der Waals surface area contributed by atoms with Crippen LogP contribution in [0.4, 0.5) is 0 Å². The highest BCUT2D eigenvalue weighted by atomic mass is 35.5. The van der Waals surface area contributed by atoms with Gasteiger partial charge in [0.1, 0.15) is 0 Å². The van der Waals surface area contributed by atoms with E-state index in [2.05, 4.69) is 19.9 Å². The third-order valence-electron chi connectivity index (χ3n) is 9.17. The van der Waals surface area contributed by atoms with Gasteiger partial charge in [0.15, 0.2) is 17.2 Å². The molecule has 0 aliphatic heterocycles. The van der Waals surface area contributed by atoms with E-state index in [1.165, 1.54) is 6.92 Å². The Morgan fingerprint density at radius 1 is 1.18 bits per heavy atom. The Hall–Kier alpha value is -1.42. The number of allylic oxidation sites excluding steroid dienone is 4. The molecule has 0 radical (unpaired) electrons. The van der Waals surface area contributed by atoms with Gasteiger partial charge < -0.3 is 4.74 Å². The Balaban J connectivity index is 1.63. The number of carbonyl (C=O) groups excluding carboxylic acids is 3. The van der Waals surface area contributed by atoms with Crippen molar-refractivity contribution in [3.8, 4) is 0 Å². The maximum Gasteiger partial charge on any atom is 0.303 e. The first-order chi connectivity index (χ1) is 13.1. The van der Waals surface area contributed by atoms with E-state index >= 15 is 0 Å². The summed E-state index contributed by atoms with van der Waals surface area (Å²) in [4.78, 5) is 37.1. The summed E-state index contributed by atoms with van der Waals surface area (Å²) in [6.07, 6.45) is 7.11. The van der Waals surface area contributed by atoms with Crippen LogP contribution in [0.5, 0.6) is 0 Å². The van der Waals surface area contributed by atoms with Crippen LogP contribution in [-0.4, -0.2) is 23.1 Å². The summed E-state index contributed by atoms with van der Waals surface area (Å²) < 4.78 is 5.82. The Morgan fingerprint density at radius 2 is 1.89 bits per heavy atom. The second-order valence-electron chi connectivity index (χ2n) is 10.1. The molecule has 0 aromatic rings. The third kappa shape index (κ3) is 1.96. The molecule has 3 saturated carbocycles. The predicted octanol–water partition coefficient (Wildman–Crippen LogP) is 4.22. The van der Waals surface area contributed by atoms with E-state index in [1.54, 1.807) is 13.0 Å². The number of rotatable bonds is 2. The molecule has 4 nitrogen and oxygen atoms in total. The van der Waals surface area contributed by atoms with Gasteiger partial charge in [-0.15, -0.1) is 0 Å². The number of carbonyl (C=O) groups is 3. The lowest BCUT2D eigenvalue weighted by Gasteiger charge is -2.47. The van der Waals surface area contributed by atoms with Crippen molar-refractivity contribution in [2.45, 2.75) is 59.0 Å². The van der Waals surface area contributed by atoms with Gasteiger partial charge in [-0.3, -0.25) is 14.4 Å². The van der Waals surface area contributed by atoms with Crippen molar-refractivity contribution in [2.24, 2.45) is 40.4 Å². The smallest absolute Gasteiger partial charge is 0.303 e.